The van der Waals surface area contributed by atoms with Crippen LogP contribution < -0.4 is 4.90 Å². The average Bonchev–Trinajstić information content (AvgIpc) is 3.14. The van der Waals surface area contributed by atoms with Crippen LogP contribution in [0.2, 0.25) is 0 Å². The minimum absolute atomic E-state index is 0.0401. The number of anilines is 1. The van der Waals surface area contributed by atoms with E-state index in [0.717, 1.165) is 67.4 Å². The number of carbonyl (C=O) groups excluding carboxylic acids is 1. The first-order valence-electron chi connectivity index (χ1n) is 10.6. The highest BCUT2D eigenvalue weighted by Crippen LogP contribution is 2.30. The van der Waals surface area contributed by atoms with Crippen molar-refractivity contribution in [3.8, 4) is 11.3 Å². The maximum Gasteiger partial charge on any atom is 0.250 e. The summed E-state index contributed by atoms with van der Waals surface area (Å²) in [5, 5.41) is 0. The van der Waals surface area contributed by atoms with E-state index in [0.29, 0.717) is 0 Å². The summed E-state index contributed by atoms with van der Waals surface area (Å²) in [6.45, 7) is 8.56. The van der Waals surface area contributed by atoms with Gasteiger partial charge in [0, 0.05) is 63.3 Å². The summed E-state index contributed by atoms with van der Waals surface area (Å²) >= 11 is 0. The Morgan fingerprint density at radius 1 is 1.00 bits per heavy atom. The highest BCUT2D eigenvalue weighted by molar-refractivity contribution is 6.03. The third-order valence-corrected chi connectivity index (χ3v) is 6.29. The first-order valence-corrected chi connectivity index (χ1v) is 10.6. The Bertz CT molecular complexity index is 1120. The number of amides is 1. The van der Waals surface area contributed by atoms with Gasteiger partial charge in [0.15, 0.2) is 0 Å². The molecule has 0 aliphatic carbocycles. The number of hydrogen-bond acceptors (Lipinski definition) is 4. The highest BCUT2D eigenvalue weighted by atomic mass is 16.2. The molecule has 2 aromatic heterocycles. The minimum atomic E-state index is -0.0401. The molecule has 6 heteroatoms. The second-order valence-corrected chi connectivity index (χ2v) is 8.09. The van der Waals surface area contributed by atoms with Crippen molar-refractivity contribution in [2.45, 2.75) is 13.5 Å². The van der Waals surface area contributed by atoms with Crippen molar-refractivity contribution >= 4 is 23.3 Å². The first-order chi connectivity index (χ1) is 14.6. The van der Waals surface area contributed by atoms with Crippen LogP contribution in [0.3, 0.4) is 0 Å². The lowest BCUT2D eigenvalue weighted by molar-refractivity contribution is -0.113. The zero-order valence-electron chi connectivity index (χ0n) is 17.6. The van der Waals surface area contributed by atoms with E-state index < -0.39 is 0 Å². The van der Waals surface area contributed by atoms with Gasteiger partial charge in [-0.1, -0.05) is 19.1 Å². The lowest BCUT2D eigenvalue weighted by atomic mass is 10.1. The molecule has 30 heavy (non-hydrogen) atoms. The molecule has 0 spiro atoms. The highest BCUT2D eigenvalue weighted by Gasteiger charge is 2.21. The van der Waals surface area contributed by atoms with E-state index in [4.69, 9.17) is 4.98 Å². The van der Waals surface area contributed by atoms with Crippen molar-refractivity contribution in [3.05, 3.63) is 59.9 Å². The molecule has 2 aliphatic heterocycles. The van der Waals surface area contributed by atoms with E-state index in [1.165, 1.54) is 5.69 Å². The second-order valence-electron chi connectivity index (χ2n) is 8.09. The van der Waals surface area contributed by atoms with E-state index in [2.05, 4.69) is 45.5 Å². The Labute approximate surface area is 177 Å². The molecule has 0 unspecified atom stereocenters. The molecular formula is C24H27N5O. The number of aromatic nitrogens is 2. The largest absolute Gasteiger partial charge is 0.312 e. The van der Waals surface area contributed by atoms with Crippen LogP contribution in [0.15, 0.2) is 48.7 Å². The molecule has 0 radical (unpaired) electrons. The molecule has 6 nitrogen and oxygen atoms in total. The number of likely N-dealkylation sites (N-methyl/N-ethyl adjacent to an activating group) is 2. The van der Waals surface area contributed by atoms with Crippen molar-refractivity contribution in [2.24, 2.45) is 0 Å². The van der Waals surface area contributed by atoms with Crippen molar-refractivity contribution in [2.75, 3.05) is 44.7 Å². The molecule has 1 saturated heterocycles. The standard InChI is InChI=1S/C24H27N5O/c1-3-27-11-13-28(14-12-27)17-21-24-19-5-4-6-20(16-19)26(2)23(30)8-7-18-9-10-29(21)22(15-18)25-24/h4-10,15-16H,3,11-14,17H2,1-2H3/b8-7+. The van der Waals surface area contributed by atoms with E-state index in [-0.39, 0.29) is 5.91 Å². The topological polar surface area (TPSA) is 44.1 Å². The Balaban J connectivity index is 1.62. The summed E-state index contributed by atoms with van der Waals surface area (Å²) in [5.41, 5.74) is 6.02. The molecule has 154 valence electrons. The maximum atomic E-state index is 12.6. The third-order valence-electron chi connectivity index (χ3n) is 6.29. The molecule has 1 aromatic carbocycles. The quantitative estimate of drug-likeness (QED) is 0.676. The number of nitrogens with zero attached hydrogens (tertiary/aromatic N) is 5. The molecule has 0 saturated carbocycles. The van der Waals surface area contributed by atoms with E-state index in [1.807, 2.05) is 31.3 Å². The van der Waals surface area contributed by atoms with Gasteiger partial charge in [0.25, 0.3) is 5.91 Å². The zero-order valence-corrected chi connectivity index (χ0v) is 17.6. The molecule has 5 rings (SSSR count). The summed E-state index contributed by atoms with van der Waals surface area (Å²) in [6.07, 6.45) is 5.57. The first kappa shape index (κ1) is 19.0. The SMILES string of the molecule is CCN1CCN(Cc2c3nc4cc(ccn24)/C=C/C(=O)N(C)c2cccc-3c2)CC1. The normalized spacial score (nSPS) is 18.7. The number of fused-ring (bicyclic) bond motifs is 5. The number of piperazine rings is 1. The fourth-order valence-corrected chi connectivity index (χ4v) is 4.34. The number of rotatable bonds is 3. The lowest BCUT2D eigenvalue weighted by Crippen LogP contribution is -2.45. The van der Waals surface area contributed by atoms with Crippen molar-refractivity contribution in [1.29, 1.82) is 0 Å². The minimum Gasteiger partial charge on any atom is -0.312 e. The van der Waals surface area contributed by atoms with Crippen LogP contribution in [-0.4, -0.2) is 64.9 Å². The molecule has 2 aliphatic rings. The van der Waals surface area contributed by atoms with Crippen molar-refractivity contribution in [3.63, 3.8) is 0 Å². The third kappa shape index (κ3) is 3.42. The smallest absolute Gasteiger partial charge is 0.250 e. The molecule has 4 heterocycles. The van der Waals surface area contributed by atoms with Gasteiger partial charge in [-0.3, -0.25) is 9.69 Å². The van der Waals surface area contributed by atoms with Crippen molar-refractivity contribution in [1.82, 2.24) is 19.2 Å². The van der Waals surface area contributed by atoms with Gasteiger partial charge in [-0.25, -0.2) is 4.98 Å². The zero-order chi connectivity index (χ0) is 20.7. The van der Waals surface area contributed by atoms with Crippen LogP contribution in [0.1, 0.15) is 18.2 Å². The number of carbonyl (C=O) groups is 1. The summed E-state index contributed by atoms with van der Waals surface area (Å²) in [4.78, 5) is 24.3. The molecular weight excluding hydrogens is 374 g/mol. The lowest BCUT2D eigenvalue weighted by Gasteiger charge is -2.34. The number of hydrogen-bond donors (Lipinski definition) is 0. The average molecular weight is 402 g/mol. The molecule has 5 bridgehead atoms. The number of benzene rings is 1. The van der Waals surface area contributed by atoms with E-state index in [1.54, 1.807) is 11.0 Å². The van der Waals surface area contributed by atoms with Crippen LogP contribution in [0.25, 0.3) is 23.0 Å². The van der Waals surface area contributed by atoms with Crippen LogP contribution in [0.4, 0.5) is 5.69 Å². The second kappa shape index (κ2) is 7.70. The van der Waals surface area contributed by atoms with Gasteiger partial charge in [-0.15, -0.1) is 0 Å². The molecule has 0 atom stereocenters. The van der Waals surface area contributed by atoms with Crippen LogP contribution in [0.5, 0.6) is 0 Å². The predicted molar refractivity (Wildman–Crippen MR) is 120 cm³/mol. The van der Waals surface area contributed by atoms with Crippen LogP contribution in [0, 0.1) is 0 Å². The molecule has 3 aromatic rings. The summed E-state index contributed by atoms with van der Waals surface area (Å²) < 4.78 is 2.20. The number of pyridine rings is 1. The van der Waals surface area contributed by atoms with Gasteiger partial charge < -0.3 is 14.2 Å². The van der Waals surface area contributed by atoms with Gasteiger partial charge >= 0.3 is 0 Å². The van der Waals surface area contributed by atoms with Gasteiger partial charge in [-0.2, -0.15) is 0 Å². The fraction of sp³-hybridized carbons (Fsp3) is 0.333. The van der Waals surface area contributed by atoms with Gasteiger partial charge in [0.1, 0.15) is 5.65 Å². The Hall–Kier alpha value is -2.96. The van der Waals surface area contributed by atoms with Crippen LogP contribution in [-0.2, 0) is 11.3 Å². The van der Waals surface area contributed by atoms with Gasteiger partial charge in [-0.05, 0) is 42.4 Å². The van der Waals surface area contributed by atoms with Gasteiger partial charge in [0.2, 0.25) is 0 Å². The monoisotopic (exact) mass is 401 g/mol. The number of imidazole rings is 1. The molecule has 1 fully saturated rings. The van der Waals surface area contributed by atoms with Crippen LogP contribution >= 0.6 is 0 Å². The maximum absolute atomic E-state index is 12.6. The predicted octanol–water partition coefficient (Wildman–Crippen LogP) is 3.13. The van der Waals surface area contributed by atoms with E-state index >= 15 is 0 Å². The van der Waals surface area contributed by atoms with E-state index in [9.17, 15) is 4.79 Å². The fourth-order valence-electron chi connectivity index (χ4n) is 4.34. The summed E-state index contributed by atoms with van der Waals surface area (Å²) in [5.74, 6) is -0.0401. The Morgan fingerprint density at radius 3 is 2.60 bits per heavy atom. The summed E-state index contributed by atoms with van der Waals surface area (Å²) in [6, 6.07) is 12.2. The molecule has 1 amide bonds. The molecule has 0 N–H and O–H groups in total. The van der Waals surface area contributed by atoms with Crippen molar-refractivity contribution < 1.29 is 4.79 Å². The summed E-state index contributed by atoms with van der Waals surface area (Å²) in [7, 11) is 1.81. The Morgan fingerprint density at radius 2 is 1.80 bits per heavy atom. The van der Waals surface area contributed by atoms with Gasteiger partial charge in [0.05, 0.1) is 11.4 Å². The Kier molecular flexibility index (Phi) is 4.89.